The van der Waals surface area contributed by atoms with Crippen LogP contribution in [0.4, 0.5) is 0 Å². The molecule has 17 heavy (non-hydrogen) atoms. The smallest absolute Gasteiger partial charge is 0.0666 e. The maximum Gasteiger partial charge on any atom is 0.0666 e. The van der Waals surface area contributed by atoms with Crippen LogP contribution in [0.25, 0.3) is 0 Å². The molecule has 2 aliphatic heterocycles. The molecule has 2 aliphatic rings. The summed E-state index contributed by atoms with van der Waals surface area (Å²) in [5, 5.41) is 12.7. The van der Waals surface area contributed by atoms with Gasteiger partial charge in [0, 0.05) is 24.7 Å². The van der Waals surface area contributed by atoms with Gasteiger partial charge in [-0.05, 0) is 45.6 Å². The van der Waals surface area contributed by atoms with Gasteiger partial charge in [0.1, 0.15) is 0 Å². The Morgan fingerprint density at radius 2 is 2.00 bits per heavy atom. The molecule has 2 rings (SSSR count). The normalized spacial score (nSPS) is 33.6. The molecule has 0 aliphatic carbocycles. The molecule has 0 saturated carbocycles. The maximum atomic E-state index is 8.98. The van der Waals surface area contributed by atoms with Crippen LogP contribution in [0.1, 0.15) is 46.0 Å². The molecule has 2 heterocycles. The number of rotatable bonds is 5. The molecule has 3 unspecified atom stereocenters. The van der Waals surface area contributed by atoms with E-state index in [-0.39, 0.29) is 5.92 Å². The Kier molecular flexibility index (Phi) is 4.42. The van der Waals surface area contributed by atoms with Crippen LogP contribution in [0.15, 0.2) is 0 Å². The second-order valence-electron chi connectivity index (χ2n) is 5.79. The van der Waals surface area contributed by atoms with Crippen LogP contribution in [0, 0.1) is 17.2 Å². The standard InChI is InChI=1S/C14H25N3/c1-3-6-17(10-11(2)9-15)14-7-12-4-5-13(8-14)16-12/h11-14,16H,3-8,10H2,1-2H3. The molecule has 0 radical (unpaired) electrons. The third kappa shape index (κ3) is 3.20. The lowest BCUT2D eigenvalue weighted by atomic mass is 9.97. The zero-order valence-electron chi connectivity index (χ0n) is 11.2. The Labute approximate surface area is 105 Å². The van der Waals surface area contributed by atoms with Crippen molar-refractivity contribution in [2.45, 2.75) is 64.1 Å². The number of hydrogen-bond acceptors (Lipinski definition) is 3. The van der Waals surface area contributed by atoms with Gasteiger partial charge in [0.2, 0.25) is 0 Å². The minimum absolute atomic E-state index is 0.161. The van der Waals surface area contributed by atoms with E-state index in [0.717, 1.165) is 25.2 Å². The van der Waals surface area contributed by atoms with Crippen molar-refractivity contribution in [3.8, 4) is 6.07 Å². The van der Waals surface area contributed by atoms with Crippen LogP contribution in [-0.2, 0) is 0 Å². The lowest BCUT2D eigenvalue weighted by Gasteiger charge is -2.38. The highest BCUT2D eigenvalue weighted by Gasteiger charge is 2.35. The first kappa shape index (κ1) is 12.9. The van der Waals surface area contributed by atoms with Crippen LogP contribution in [0.5, 0.6) is 0 Å². The summed E-state index contributed by atoms with van der Waals surface area (Å²) >= 11 is 0. The number of piperidine rings is 1. The van der Waals surface area contributed by atoms with E-state index in [4.69, 9.17) is 5.26 Å². The lowest BCUT2D eigenvalue weighted by Crippen LogP contribution is -2.49. The van der Waals surface area contributed by atoms with E-state index in [1.165, 1.54) is 32.1 Å². The number of nitriles is 1. The van der Waals surface area contributed by atoms with Crippen molar-refractivity contribution < 1.29 is 0 Å². The van der Waals surface area contributed by atoms with E-state index in [9.17, 15) is 0 Å². The molecule has 2 saturated heterocycles. The van der Waals surface area contributed by atoms with E-state index >= 15 is 0 Å². The highest BCUT2D eigenvalue weighted by Crippen LogP contribution is 2.30. The zero-order valence-corrected chi connectivity index (χ0v) is 11.2. The summed E-state index contributed by atoms with van der Waals surface area (Å²) in [6.07, 6.45) is 6.48. The monoisotopic (exact) mass is 235 g/mol. The summed E-state index contributed by atoms with van der Waals surface area (Å²) in [7, 11) is 0. The number of hydrogen-bond donors (Lipinski definition) is 1. The van der Waals surface area contributed by atoms with Crippen molar-refractivity contribution >= 4 is 0 Å². The minimum atomic E-state index is 0.161. The molecule has 3 heteroatoms. The van der Waals surface area contributed by atoms with E-state index in [1.54, 1.807) is 0 Å². The van der Waals surface area contributed by atoms with Crippen molar-refractivity contribution in [2.24, 2.45) is 5.92 Å². The van der Waals surface area contributed by atoms with Gasteiger partial charge < -0.3 is 5.32 Å². The van der Waals surface area contributed by atoms with Crippen LogP contribution in [0.3, 0.4) is 0 Å². The molecule has 0 aromatic heterocycles. The van der Waals surface area contributed by atoms with E-state index < -0.39 is 0 Å². The van der Waals surface area contributed by atoms with Gasteiger partial charge in [0.15, 0.2) is 0 Å². The third-order valence-corrected chi connectivity index (χ3v) is 4.20. The second-order valence-corrected chi connectivity index (χ2v) is 5.79. The predicted octanol–water partition coefficient (Wildman–Crippen LogP) is 2.14. The third-order valence-electron chi connectivity index (χ3n) is 4.20. The van der Waals surface area contributed by atoms with Crippen molar-refractivity contribution in [2.75, 3.05) is 13.1 Å². The predicted molar refractivity (Wildman–Crippen MR) is 69.6 cm³/mol. The Balaban J connectivity index is 1.93. The molecule has 2 fully saturated rings. The number of nitrogens with one attached hydrogen (secondary N) is 1. The van der Waals surface area contributed by atoms with Gasteiger partial charge in [-0.2, -0.15) is 5.26 Å². The quantitative estimate of drug-likeness (QED) is 0.793. The van der Waals surface area contributed by atoms with Gasteiger partial charge in [0.25, 0.3) is 0 Å². The number of nitrogens with zero attached hydrogens (tertiary/aromatic N) is 2. The average molecular weight is 235 g/mol. The summed E-state index contributed by atoms with van der Waals surface area (Å²) in [6.45, 7) is 6.38. The molecule has 1 N–H and O–H groups in total. The van der Waals surface area contributed by atoms with Crippen molar-refractivity contribution in [1.82, 2.24) is 10.2 Å². The lowest BCUT2D eigenvalue weighted by molar-refractivity contribution is 0.132. The average Bonchev–Trinajstić information content (AvgIpc) is 2.67. The van der Waals surface area contributed by atoms with Crippen molar-refractivity contribution in [3.63, 3.8) is 0 Å². The zero-order chi connectivity index (χ0) is 12.3. The molecule has 3 nitrogen and oxygen atoms in total. The summed E-state index contributed by atoms with van der Waals surface area (Å²) in [4.78, 5) is 2.57. The van der Waals surface area contributed by atoms with Crippen LogP contribution in [-0.4, -0.2) is 36.1 Å². The first-order valence-electron chi connectivity index (χ1n) is 7.12. The Morgan fingerprint density at radius 3 is 2.53 bits per heavy atom. The van der Waals surface area contributed by atoms with Gasteiger partial charge in [0.05, 0.1) is 12.0 Å². The van der Waals surface area contributed by atoms with Crippen molar-refractivity contribution in [1.29, 1.82) is 5.26 Å². The molecule has 0 spiro atoms. The topological polar surface area (TPSA) is 39.1 Å². The van der Waals surface area contributed by atoms with Crippen LogP contribution in [0.2, 0.25) is 0 Å². The Bertz CT molecular complexity index is 272. The SMILES string of the molecule is CCCN(CC(C)C#N)C1CC2CCC(C1)N2. The highest BCUT2D eigenvalue weighted by molar-refractivity contribution is 4.96. The van der Waals surface area contributed by atoms with Gasteiger partial charge in [-0.1, -0.05) is 6.92 Å². The van der Waals surface area contributed by atoms with E-state index in [1.807, 2.05) is 6.92 Å². The molecule has 0 amide bonds. The van der Waals surface area contributed by atoms with Gasteiger partial charge in [-0.3, -0.25) is 4.90 Å². The fraction of sp³-hybridized carbons (Fsp3) is 0.929. The summed E-state index contributed by atoms with van der Waals surface area (Å²) in [5.74, 6) is 0.161. The van der Waals surface area contributed by atoms with E-state index in [0.29, 0.717) is 6.04 Å². The minimum Gasteiger partial charge on any atom is -0.311 e. The first-order chi connectivity index (χ1) is 8.22. The highest BCUT2D eigenvalue weighted by atomic mass is 15.2. The molecule has 3 atom stereocenters. The molecule has 96 valence electrons. The molecule has 0 aromatic rings. The van der Waals surface area contributed by atoms with Crippen LogP contribution >= 0.6 is 0 Å². The molecule has 2 bridgehead atoms. The molecular weight excluding hydrogens is 210 g/mol. The second kappa shape index (κ2) is 5.84. The Hall–Kier alpha value is -0.590. The fourth-order valence-electron chi connectivity index (χ4n) is 3.43. The summed E-state index contributed by atoms with van der Waals surface area (Å²) in [5.41, 5.74) is 0. The van der Waals surface area contributed by atoms with Gasteiger partial charge in [-0.15, -0.1) is 0 Å². The number of fused-ring (bicyclic) bond motifs is 2. The van der Waals surface area contributed by atoms with Gasteiger partial charge in [-0.25, -0.2) is 0 Å². The maximum absolute atomic E-state index is 8.98. The van der Waals surface area contributed by atoms with E-state index in [2.05, 4.69) is 23.2 Å². The fourth-order valence-corrected chi connectivity index (χ4v) is 3.43. The van der Waals surface area contributed by atoms with Crippen molar-refractivity contribution in [3.05, 3.63) is 0 Å². The summed E-state index contributed by atoms with van der Waals surface area (Å²) < 4.78 is 0. The Morgan fingerprint density at radius 1 is 1.35 bits per heavy atom. The van der Waals surface area contributed by atoms with Gasteiger partial charge >= 0.3 is 0 Å². The molecule has 0 aromatic carbocycles. The largest absolute Gasteiger partial charge is 0.311 e. The summed E-state index contributed by atoms with van der Waals surface area (Å²) in [6, 6.07) is 4.58. The molecular formula is C14H25N3. The first-order valence-corrected chi connectivity index (χ1v) is 7.12. The van der Waals surface area contributed by atoms with Crippen LogP contribution < -0.4 is 5.32 Å².